The molecule has 0 bridgehead atoms. The maximum atomic E-state index is 15.3. The number of aromatic hydroxyl groups is 1. The molecule has 0 aliphatic rings. The predicted octanol–water partition coefficient (Wildman–Crippen LogP) is 3.45. The lowest BCUT2D eigenvalue weighted by Crippen LogP contribution is -2.29. The predicted molar refractivity (Wildman–Crippen MR) is 130 cm³/mol. The molecule has 3 heterocycles. The molecule has 2 atom stereocenters. The molecule has 4 aromatic rings. The third kappa shape index (κ3) is 4.71. The number of hydrogen-bond donors (Lipinski definition) is 2. The Morgan fingerprint density at radius 1 is 1.24 bits per heavy atom. The molecule has 11 nitrogen and oxygen atoms in total. The third-order valence-corrected chi connectivity index (χ3v) is 6.11. The average molecular weight is 506 g/mol. The van der Waals surface area contributed by atoms with Crippen molar-refractivity contribution in [2.75, 3.05) is 5.32 Å². The van der Waals surface area contributed by atoms with E-state index < -0.39 is 40.7 Å². The van der Waals surface area contributed by atoms with E-state index in [4.69, 9.17) is 0 Å². The maximum absolute atomic E-state index is 15.3. The third-order valence-electron chi connectivity index (χ3n) is 6.11. The number of carbonyl (C=O) groups excluding carboxylic acids is 1. The van der Waals surface area contributed by atoms with Crippen LogP contribution in [0.25, 0.3) is 0 Å². The van der Waals surface area contributed by atoms with Crippen LogP contribution in [0.1, 0.15) is 71.7 Å². The molecular formula is C25H24FN7O4. The SMILES string of the molecule is CC(c1nc(C(=O)Nc2cnoc2)c(O)c(=O)n1C)C(c1ccccc1C#N)c1cn(C(C)C)nc1F. The molecule has 12 heteroatoms. The lowest BCUT2D eigenvalue weighted by atomic mass is 9.80. The number of carbonyl (C=O) groups is 1. The smallest absolute Gasteiger partial charge is 0.296 e. The van der Waals surface area contributed by atoms with Gasteiger partial charge in [0.1, 0.15) is 17.8 Å². The molecule has 2 N–H and O–H groups in total. The van der Waals surface area contributed by atoms with Gasteiger partial charge in [0.2, 0.25) is 11.7 Å². The largest absolute Gasteiger partial charge is 0.501 e. The van der Waals surface area contributed by atoms with Crippen molar-refractivity contribution in [3.8, 4) is 11.8 Å². The molecule has 0 saturated heterocycles. The normalized spacial score (nSPS) is 12.8. The first-order chi connectivity index (χ1) is 17.6. The Balaban J connectivity index is 1.90. The van der Waals surface area contributed by atoms with Crippen LogP contribution in [0, 0.1) is 17.3 Å². The van der Waals surface area contributed by atoms with Gasteiger partial charge >= 0.3 is 0 Å². The zero-order valence-corrected chi connectivity index (χ0v) is 20.5. The molecular weight excluding hydrogens is 481 g/mol. The van der Waals surface area contributed by atoms with Crippen molar-refractivity contribution in [2.24, 2.45) is 7.05 Å². The number of benzene rings is 1. The molecule has 37 heavy (non-hydrogen) atoms. The van der Waals surface area contributed by atoms with Gasteiger partial charge < -0.3 is 14.9 Å². The highest BCUT2D eigenvalue weighted by Gasteiger charge is 2.33. The first kappa shape index (κ1) is 25.3. The Labute approximate surface area is 210 Å². The van der Waals surface area contributed by atoms with E-state index in [2.05, 4.69) is 31.1 Å². The summed E-state index contributed by atoms with van der Waals surface area (Å²) in [6.45, 7) is 5.40. The van der Waals surface area contributed by atoms with Crippen molar-refractivity contribution in [3.63, 3.8) is 0 Å². The Morgan fingerprint density at radius 3 is 2.59 bits per heavy atom. The summed E-state index contributed by atoms with van der Waals surface area (Å²) in [7, 11) is 1.39. The van der Waals surface area contributed by atoms with Gasteiger partial charge in [0.25, 0.3) is 11.5 Å². The van der Waals surface area contributed by atoms with Gasteiger partial charge in [0.15, 0.2) is 5.69 Å². The summed E-state index contributed by atoms with van der Waals surface area (Å²) in [5.74, 6) is -3.89. The summed E-state index contributed by atoms with van der Waals surface area (Å²) < 4.78 is 22.5. The number of hydrogen-bond acceptors (Lipinski definition) is 8. The van der Waals surface area contributed by atoms with Gasteiger partial charge in [0, 0.05) is 36.7 Å². The van der Waals surface area contributed by atoms with Gasteiger partial charge in [-0.2, -0.15) is 9.65 Å². The Morgan fingerprint density at radius 2 is 1.97 bits per heavy atom. The first-order valence-corrected chi connectivity index (χ1v) is 11.4. The van der Waals surface area contributed by atoms with Crippen LogP contribution in [-0.4, -0.2) is 35.5 Å². The van der Waals surface area contributed by atoms with Crippen LogP contribution in [0.15, 0.2) is 52.2 Å². The number of amides is 1. The number of halogens is 1. The minimum atomic E-state index is -0.863. The minimum absolute atomic E-state index is 0.0905. The van der Waals surface area contributed by atoms with Crippen LogP contribution in [-0.2, 0) is 7.05 Å². The molecule has 0 aliphatic heterocycles. The van der Waals surface area contributed by atoms with Gasteiger partial charge in [-0.25, -0.2) is 4.98 Å². The monoisotopic (exact) mass is 505 g/mol. The quantitative estimate of drug-likeness (QED) is 0.387. The number of aromatic nitrogens is 5. The highest BCUT2D eigenvalue weighted by molar-refractivity contribution is 6.04. The standard InChI is InChI=1S/C25H24FN7O4/c1-13(2)33-11-18(22(26)31-33)19(17-8-6-5-7-15(17)9-27)14(3)23-30-20(21(34)25(36)32(23)4)24(35)29-16-10-28-37-12-16/h5-8,10-14,19,34H,1-4H3,(H,29,35). The van der Waals surface area contributed by atoms with E-state index in [1.165, 1.54) is 24.2 Å². The molecule has 1 amide bonds. The lowest BCUT2D eigenvalue weighted by molar-refractivity contribution is 0.101. The van der Waals surface area contributed by atoms with Crippen molar-refractivity contribution in [3.05, 3.63) is 87.4 Å². The van der Waals surface area contributed by atoms with Crippen molar-refractivity contribution in [2.45, 2.75) is 38.6 Å². The minimum Gasteiger partial charge on any atom is -0.501 e. The van der Waals surface area contributed by atoms with E-state index in [1.54, 1.807) is 37.4 Å². The summed E-state index contributed by atoms with van der Waals surface area (Å²) >= 11 is 0. The molecule has 3 aromatic heterocycles. The number of nitrogens with zero attached hydrogens (tertiary/aromatic N) is 6. The highest BCUT2D eigenvalue weighted by atomic mass is 19.1. The maximum Gasteiger partial charge on any atom is 0.296 e. The molecule has 4 rings (SSSR count). The van der Waals surface area contributed by atoms with Gasteiger partial charge in [-0.1, -0.05) is 30.3 Å². The van der Waals surface area contributed by atoms with Crippen molar-refractivity contribution >= 4 is 11.6 Å². The number of nitriles is 1. The molecule has 190 valence electrons. The van der Waals surface area contributed by atoms with Crippen LogP contribution >= 0.6 is 0 Å². The highest BCUT2D eigenvalue weighted by Crippen LogP contribution is 2.40. The number of nitrogens with one attached hydrogen (secondary N) is 1. The van der Waals surface area contributed by atoms with E-state index in [-0.39, 0.29) is 23.1 Å². The molecule has 0 aliphatic carbocycles. The zero-order valence-electron chi connectivity index (χ0n) is 20.5. The summed E-state index contributed by atoms with van der Waals surface area (Å²) in [6, 6.07) is 8.73. The molecule has 1 aromatic carbocycles. The van der Waals surface area contributed by atoms with Crippen molar-refractivity contribution in [1.82, 2.24) is 24.5 Å². The second-order valence-electron chi connectivity index (χ2n) is 8.81. The van der Waals surface area contributed by atoms with E-state index in [9.17, 15) is 20.0 Å². The molecule has 0 saturated carbocycles. The van der Waals surface area contributed by atoms with Crippen LogP contribution in [0.3, 0.4) is 0 Å². The summed E-state index contributed by atoms with van der Waals surface area (Å²) in [6.07, 6.45) is 3.97. The second kappa shape index (κ2) is 10.1. The molecule has 0 spiro atoms. The summed E-state index contributed by atoms with van der Waals surface area (Å²) in [5, 5.41) is 30.1. The number of rotatable bonds is 7. The van der Waals surface area contributed by atoms with E-state index in [0.29, 0.717) is 11.1 Å². The summed E-state index contributed by atoms with van der Waals surface area (Å²) in [4.78, 5) is 30.1. The number of anilines is 1. The molecule has 0 radical (unpaired) electrons. The summed E-state index contributed by atoms with van der Waals surface area (Å²) in [5.41, 5.74) is -0.176. The fraction of sp³-hybridized carbons (Fsp3) is 0.280. The van der Waals surface area contributed by atoms with E-state index in [1.807, 2.05) is 13.8 Å². The Bertz CT molecular complexity index is 1550. The fourth-order valence-electron chi connectivity index (χ4n) is 4.21. The second-order valence-corrected chi connectivity index (χ2v) is 8.81. The fourth-order valence-corrected chi connectivity index (χ4v) is 4.21. The van der Waals surface area contributed by atoms with Gasteiger partial charge in [-0.3, -0.25) is 18.8 Å². The van der Waals surface area contributed by atoms with Gasteiger partial charge in [-0.15, -0.1) is 5.10 Å². The van der Waals surface area contributed by atoms with Crippen LogP contribution < -0.4 is 10.9 Å². The van der Waals surface area contributed by atoms with Crippen molar-refractivity contribution < 1.29 is 18.8 Å². The Kier molecular flexibility index (Phi) is 6.88. The van der Waals surface area contributed by atoms with E-state index >= 15 is 4.39 Å². The van der Waals surface area contributed by atoms with Crippen LogP contribution in [0.2, 0.25) is 0 Å². The van der Waals surface area contributed by atoms with Crippen molar-refractivity contribution in [1.29, 1.82) is 5.26 Å². The lowest BCUT2D eigenvalue weighted by Gasteiger charge is -2.26. The van der Waals surface area contributed by atoms with Crippen LogP contribution in [0.5, 0.6) is 5.75 Å². The van der Waals surface area contributed by atoms with Gasteiger partial charge in [0.05, 0.1) is 17.8 Å². The Hall–Kier alpha value is -4.79. The van der Waals surface area contributed by atoms with Gasteiger partial charge in [-0.05, 0) is 25.5 Å². The van der Waals surface area contributed by atoms with E-state index in [0.717, 1.165) is 4.57 Å². The average Bonchev–Trinajstić information content (AvgIpc) is 3.53. The zero-order chi connectivity index (χ0) is 26.9. The van der Waals surface area contributed by atoms with Crippen LogP contribution in [0.4, 0.5) is 10.1 Å². The first-order valence-electron chi connectivity index (χ1n) is 11.4. The topological polar surface area (TPSA) is 152 Å². The molecule has 0 fully saturated rings. The molecule has 2 unspecified atom stereocenters.